The van der Waals surface area contributed by atoms with Crippen LogP contribution < -0.4 is 0 Å². The monoisotopic (exact) mass is 376 g/mol. The summed E-state index contributed by atoms with van der Waals surface area (Å²) < 4.78 is 1.98. The Balaban J connectivity index is 2.08. The summed E-state index contributed by atoms with van der Waals surface area (Å²) in [5.41, 5.74) is 5.11. The van der Waals surface area contributed by atoms with Crippen molar-refractivity contribution in [3.05, 3.63) is 87.7 Å². The number of hydrogen-bond acceptors (Lipinski definition) is 2. The van der Waals surface area contributed by atoms with Crippen molar-refractivity contribution >= 4 is 29.2 Å². The van der Waals surface area contributed by atoms with Crippen LogP contribution in [-0.2, 0) is 0 Å². The molecule has 0 aliphatic heterocycles. The van der Waals surface area contributed by atoms with Crippen LogP contribution in [-0.4, -0.2) is 15.6 Å². The largest absolute Gasteiger partial charge is 0.478 e. The summed E-state index contributed by atoms with van der Waals surface area (Å²) in [6.07, 6.45) is 1.84. The van der Waals surface area contributed by atoms with Crippen LogP contribution >= 0.6 is 11.6 Å². The van der Waals surface area contributed by atoms with Crippen LogP contribution in [0.2, 0.25) is 5.02 Å². The predicted octanol–water partition coefficient (Wildman–Crippen LogP) is 5.51. The number of aromatic nitrogens is 1. The summed E-state index contributed by atoms with van der Waals surface area (Å²) in [7, 11) is 0. The number of carboxylic acids is 1. The molecule has 0 saturated heterocycles. The summed E-state index contributed by atoms with van der Waals surface area (Å²) in [6.45, 7) is 3.90. The maximum absolute atomic E-state index is 11.3. The Bertz CT molecular complexity index is 1090. The third-order valence-electron chi connectivity index (χ3n) is 4.40. The average molecular weight is 377 g/mol. The molecule has 5 heteroatoms. The van der Waals surface area contributed by atoms with Crippen molar-refractivity contribution in [3.63, 3.8) is 0 Å². The average Bonchev–Trinajstić information content (AvgIpc) is 2.94. The normalized spacial score (nSPS) is 11.3. The Morgan fingerprint density at radius 3 is 2.44 bits per heavy atom. The zero-order valence-corrected chi connectivity index (χ0v) is 15.7. The molecule has 0 saturated carbocycles. The van der Waals surface area contributed by atoms with Crippen LogP contribution in [0.4, 0.5) is 0 Å². The predicted molar refractivity (Wildman–Crippen MR) is 107 cm³/mol. The molecule has 2 aromatic carbocycles. The SMILES string of the molecule is Cc1cc(C=C(C#N)c2ccc(Cl)cc2)c(C)n1-c1cccc(C(=O)O)c1. The first-order chi connectivity index (χ1) is 12.9. The van der Waals surface area contributed by atoms with Gasteiger partial charge in [0.25, 0.3) is 0 Å². The molecule has 3 aromatic rings. The van der Waals surface area contributed by atoms with Gasteiger partial charge in [-0.05, 0) is 67.4 Å². The van der Waals surface area contributed by atoms with Gasteiger partial charge in [-0.2, -0.15) is 5.26 Å². The third-order valence-corrected chi connectivity index (χ3v) is 4.65. The summed E-state index contributed by atoms with van der Waals surface area (Å²) in [5, 5.41) is 19.4. The first-order valence-electron chi connectivity index (χ1n) is 8.31. The van der Waals surface area contributed by atoms with Crippen molar-refractivity contribution in [2.45, 2.75) is 13.8 Å². The van der Waals surface area contributed by atoms with Gasteiger partial charge in [0.2, 0.25) is 0 Å². The van der Waals surface area contributed by atoms with Crippen molar-refractivity contribution in [2.24, 2.45) is 0 Å². The molecule has 27 heavy (non-hydrogen) atoms. The molecule has 134 valence electrons. The van der Waals surface area contributed by atoms with E-state index in [2.05, 4.69) is 6.07 Å². The van der Waals surface area contributed by atoms with E-state index in [0.717, 1.165) is 28.2 Å². The fraction of sp³-hybridized carbons (Fsp3) is 0.0909. The highest BCUT2D eigenvalue weighted by Crippen LogP contribution is 2.26. The molecule has 3 rings (SSSR count). The maximum atomic E-state index is 11.3. The fourth-order valence-corrected chi connectivity index (χ4v) is 3.20. The minimum atomic E-state index is -0.964. The molecule has 1 heterocycles. The molecule has 0 spiro atoms. The topological polar surface area (TPSA) is 66.0 Å². The number of nitriles is 1. The van der Waals surface area contributed by atoms with Crippen molar-refractivity contribution in [2.75, 3.05) is 0 Å². The van der Waals surface area contributed by atoms with Crippen molar-refractivity contribution in [1.82, 2.24) is 4.57 Å². The van der Waals surface area contributed by atoms with E-state index in [0.29, 0.717) is 10.6 Å². The third kappa shape index (κ3) is 3.79. The smallest absolute Gasteiger partial charge is 0.335 e. The minimum Gasteiger partial charge on any atom is -0.478 e. The van der Waals surface area contributed by atoms with Crippen LogP contribution in [0.25, 0.3) is 17.3 Å². The standard InChI is InChI=1S/C22H17ClN2O2/c1-14-10-18(11-19(13-24)16-6-8-20(23)9-7-16)15(2)25(14)21-5-3-4-17(12-21)22(26)27/h3-12H,1-2H3,(H,26,27). The minimum absolute atomic E-state index is 0.232. The van der Waals surface area contributed by atoms with Gasteiger partial charge in [-0.25, -0.2) is 4.79 Å². The maximum Gasteiger partial charge on any atom is 0.335 e. The lowest BCUT2D eigenvalue weighted by Gasteiger charge is -2.10. The summed E-state index contributed by atoms with van der Waals surface area (Å²) in [6, 6.07) is 18.1. The highest BCUT2D eigenvalue weighted by Gasteiger charge is 2.12. The molecule has 0 radical (unpaired) electrons. The molecule has 0 bridgehead atoms. The van der Waals surface area contributed by atoms with E-state index < -0.39 is 5.97 Å². The zero-order valence-electron chi connectivity index (χ0n) is 14.9. The quantitative estimate of drug-likeness (QED) is 0.610. The van der Waals surface area contributed by atoms with Gasteiger partial charge in [-0.15, -0.1) is 0 Å². The van der Waals surface area contributed by atoms with Crippen LogP contribution in [0, 0.1) is 25.2 Å². The second-order valence-corrected chi connectivity index (χ2v) is 6.63. The number of aryl methyl sites for hydroxylation is 1. The number of carboxylic acid groups (broad SMARTS) is 1. The second-order valence-electron chi connectivity index (χ2n) is 6.19. The second kappa shape index (κ2) is 7.53. The zero-order chi connectivity index (χ0) is 19.6. The molecule has 0 aliphatic rings. The van der Waals surface area contributed by atoms with E-state index in [1.165, 1.54) is 0 Å². The molecule has 0 amide bonds. The lowest BCUT2D eigenvalue weighted by atomic mass is 10.0. The van der Waals surface area contributed by atoms with Gasteiger partial charge in [0.1, 0.15) is 0 Å². The number of carbonyl (C=O) groups is 1. The molecule has 4 nitrogen and oxygen atoms in total. The molecule has 0 atom stereocenters. The van der Waals surface area contributed by atoms with Gasteiger partial charge in [0, 0.05) is 22.1 Å². The van der Waals surface area contributed by atoms with E-state index in [1.807, 2.05) is 48.8 Å². The molecular formula is C22H17ClN2O2. The Morgan fingerprint density at radius 2 is 1.81 bits per heavy atom. The van der Waals surface area contributed by atoms with Crippen molar-refractivity contribution in [3.8, 4) is 11.8 Å². The van der Waals surface area contributed by atoms with Crippen LogP contribution in [0.5, 0.6) is 0 Å². The van der Waals surface area contributed by atoms with E-state index in [4.69, 9.17) is 11.6 Å². The highest BCUT2D eigenvalue weighted by molar-refractivity contribution is 6.30. The van der Waals surface area contributed by atoms with Gasteiger partial charge in [-0.1, -0.05) is 29.8 Å². The molecule has 0 aliphatic carbocycles. The Hall–Kier alpha value is -3.29. The molecule has 0 unspecified atom stereocenters. The van der Waals surface area contributed by atoms with E-state index in [-0.39, 0.29) is 5.56 Å². The molecular weight excluding hydrogens is 360 g/mol. The van der Waals surface area contributed by atoms with Crippen LogP contribution in [0.1, 0.15) is 32.9 Å². The Labute approximate surface area is 162 Å². The summed E-state index contributed by atoms with van der Waals surface area (Å²) in [4.78, 5) is 11.3. The van der Waals surface area contributed by atoms with E-state index in [9.17, 15) is 15.2 Å². The van der Waals surface area contributed by atoms with Gasteiger partial charge in [0.15, 0.2) is 0 Å². The van der Waals surface area contributed by atoms with Gasteiger partial charge in [0.05, 0.1) is 17.2 Å². The number of hydrogen-bond donors (Lipinski definition) is 1. The lowest BCUT2D eigenvalue weighted by Crippen LogP contribution is -2.02. The summed E-state index contributed by atoms with van der Waals surface area (Å²) >= 11 is 5.92. The Kier molecular flexibility index (Phi) is 5.16. The molecule has 0 fully saturated rings. The summed E-state index contributed by atoms with van der Waals surface area (Å²) in [5.74, 6) is -0.964. The Morgan fingerprint density at radius 1 is 1.11 bits per heavy atom. The molecule has 1 N–H and O–H groups in total. The van der Waals surface area contributed by atoms with E-state index in [1.54, 1.807) is 30.3 Å². The fourth-order valence-electron chi connectivity index (χ4n) is 3.07. The van der Waals surface area contributed by atoms with Crippen molar-refractivity contribution < 1.29 is 9.90 Å². The number of benzene rings is 2. The first-order valence-corrected chi connectivity index (χ1v) is 8.69. The first kappa shape index (κ1) is 18.5. The lowest BCUT2D eigenvalue weighted by molar-refractivity contribution is 0.0697. The van der Waals surface area contributed by atoms with E-state index >= 15 is 0 Å². The highest BCUT2D eigenvalue weighted by atomic mass is 35.5. The van der Waals surface area contributed by atoms with Crippen LogP contribution in [0.15, 0.2) is 54.6 Å². The number of rotatable bonds is 4. The number of halogens is 1. The molecule has 1 aromatic heterocycles. The number of nitrogens with zero attached hydrogens (tertiary/aromatic N) is 2. The van der Waals surface area contributed by atoms with Gasteiger partial charge >= 0.3 is 5.97 Å². The number of aromatic carboxylic acids is 1. The van der Waals surface area contributed by atoms with Crippen molar-refractivity contribution in [1.29, 1.82) is 5.26 Å². The van der Waals surface area contributed by atoms with Crippen LogP contribution in [0.3, 0.4) is 0 Å². The van der Waals surface area contributed by atoms with Gasteiger partial charge < -0.3 is 9.67 Å². The number of allylic oxidation sites excluding steroid dienone is 1. The van der Waals surface area contributed by atoms with Gasteiger partial charge in [-0.3, -0.25) is 0 Å².